The molecule has 0 radical (unpaired) electrons. The van der Waals surface area contributed by atoms with Gasteiger partial charge in [-0.05, 0) is 35.2 Å². The first-order valence-electron chi connectivity index (χ1n) is 8.36. The van der Waals surface area contributed by atoms with Crippen LogP contribution in [-0.2, 0) is 5.60 Å². The molecule has 1 amide bonds. The number of carbonyl (C=O) groups excluding carboxylic acids is 1. The van der Waals surface area contributed by atoms with E-state index >= 15 is 0 Å². The molecule has 1 aliphatic rings. The average Bonchev–Trinajstić information content (AvgIpc) is 3.01. The maximum Gasteiger partial charge on any atom is 0.252 e. The van der Waals surface area contributed by atoms with Gasteiger partial charge < -0.3 is 10.4 Å². The Morgan fingerprint density at radius 3 is 1.96 bits per heavy atom. The first-order valence-corrected chi connectivity index (χ1v) is 8.36. The molecule has 1 heterocycles. The second-order valence-corrected chi connectivity index (χ2v) is 6.44. The molecule has 1 atom stereocenters. The molecule has 0 bridgehead atoms. The smallest absolute Gasteiger partial charge is 0.252 e. The second-order valence-electron chi connectivity index (χ2n) is 6.44. The highest BCUT2D eigenvalue weighted by molar-refractivity contribution is 6.00. The van der Waals surface area contributed by atoms with Gasteiger partial charge in [0.2, 0.25) is 0 Å². The summed E-state index contributed by atoms with van der Waals surface area (Å²) < 4.78 is 0. The van der Waals surface area contributed by atoms with Gasteiger partial charge in [0.1, 0.15) is 5.60 Å². The summed E-state index contributed by atoms with van der Waals surface area (Å²) in [6.45, 7) is 1.97. The Kier molecular flexibility index (Phi) is 3.66. The molecule has 0 saturated carbocycles. The topological polar surface area (TPSA) is 49.3 Å². The van der Waals surface area contributed by atoms with Crippen LogP contribution in [0.4, 0.5) is 0 Å². The van der Waals surface area contributed by atoms with Crippen LogP contribution < -0.4 is 5.32 Å². The normalized spacial score (nSPS) is 16.4. The lowest BCUT2D eigenvalue weighted by Gasteiger charge is -2.36. The summed E-state index contributed by atoms with van der Waals surface area (Å²) in [6, 6.07) is 24.2. The molecule has 0 spiro atoms. The van der Waals surface area contributed by atoms with Crippen LogP contribution in [0.2, 0.25) is 0 Å². The number of aliphatic hydroxyl groups is 1. The van der Waals surface area contributed by atoms with Crippen LogP contribution in [0.15, 0.2) is 78.9 Å². The van der Waals surface area contributed by atoms with Gasteiger partial charge in [-0.1, -0.05) is 72.8 Å². The Bertz CT molecular complexity index is 880. The zero-order valence-electron chi connectivity index (χ0n) is 13.9. The lowest BCUT2D eigenvalue weighted by atomic mass is 9.77. The Balaban J connectivity index is 1.98. The van der Waals surface area contributed by atoms with E-state index in [0.29, 0.717) is 5.56 Å². The molecule has 3 heteroatoms. The third kappa shape index (κ3) is 2.36. The van der Waals surface area contributed by atoms with E-state index in [2.05, 4.69) is 5.32 Å². The minimum absolute atomic E-state index is 0.144. The Labute approximate surface area is 147 Å². The van der Waals surface area contributed by atoms with Gasteiger partial charge in [0.15, 0.2) is 0 Å². The Morgan fingerprint density at radius 2 is 1.40 bits per heavy atom. The molecule has 25 heavy (non-hydrogen) atoms. The summed E-state index contributed by atoms with van der Waals surface area (Å²) in [5.74, 6) is -0.144. The molecule has 3 aromatic rings. The van der Waals surface area contributed by atoms with Crippen molar-refractivity contribution in [1.29, 1.82) is 0 Å². The van der Waals surface area contributed by atoms with Gasteiger partial charge in [0.05, 0.1) is 6.04 Å². The average molecular weight is 329 g/mol. The maximum absolute atomic E-state index is 12.5. The Morgan fingerprint density at radius 1 is 0.840 bits per heavy atom. The van der Waals surface area contributed by atoms with Crippen molar-refractivity contribution < 1.29 is 9.90 Å². The van der Waals surface area contributed by atoms with Crippen molar-refractivity contribution in [2.75, 3.05) is 0 Å². The van der Waals surface area contributed by atoms with E-state index in [4.69, 9.17) is 0 Å². The summed E-state index contributed by atoms with van der Waals surface area (Å²) in [5.41, 5.74) is 2.64. The van der Waals surface area contributed by atoms with E-state index in [1.807, 2.05) is 85.8 Å². The molecular formula is C22H19NO2. The molecule has 3 nitrogen and oxygen atoms in total. The molecule has 4 rings (SSSR count). The molecule has 2 N–H and O–H groups in total. The number of nitrogens with one attached hydrogen (secondary N) is 1. The first kappa shape index (κ1) is 15.6. The van der Waals surface area contributed by atoms with Crippen LogP contribution in [0.5, 0.6) is 0 Å². The molecule has 1 unspecified atom stereocenters. The molecule has 0 fully saturated rings. The van der Waals surface area contributed by atoms with E-state index in [1.54, 1.807) is 0 Å². The monoisotopic (exact) mass is 329 g/mol. The standard InChI is InChI=1S/C22H19NO2/c1-15-9-8-14-18-19(15)20(23-21(18)24)22(25,16-10-4-2-5-11-16)17-12-6-3-7-13-17/h2-14,20,25H,1H3,(H,23,24). The zero-order chi connectivity index (χ0) is 17.4. The number of aryl methyl sites for hydroxylation is 1. The predicted molar refractivity (Wildman–Crippen MR) is 97.3 cm³/mol. The van der Waals surface area contributed by atoms with Gasteiger partial charge in [0, 0.05) is 5.56 Å². The number of rotatable bonds is 3. The number of hydrogen-bond donors (Lipinski definition) is 2. The quantitative estimate of drug-likeness (QED) is 0.769. The number of benzene rings is 3. The van der Waals surface area contributed by atoms with E-state index < -0.39 is 11.6 Å². The van der Waals surface area contributed by atoms with E-state index in [9.17, 15) is 9.90 Å². The van der Waals surface area contributed by atoms with Crippen LogP contribution in [0.3, 0.4) is 0 Å². The summed E-state index contributed by atoms with van der Waals surface area (Å²) in [6.07, 6.45) is 0. The number of fused-ring (bicyclic) bond motifs is 1. The molecular weight excluding hydrogens is 310 g/mol. The fourth-order valence-electron chi connectivity index (χ4n) is 3.74. The highest BCUT2D eigenvalue weighted by Crippen LogP contribution is 2.45. The predicted octanol–water partition coefficient (Wildman–Crippen LogP) is 3.72. The van der Waals surface area contributed by atoms with Crippen LogP contribution in [0, 0.1) is 6.92 Å². The fraction of sp³-hybridized carbons (Fsp3) is 0.136. The van der Waals surface area contributed by atoms with Crippen LogP contribution in [0.25, 0.3) is 0 Å². The second kappa shape index (κ2) is 5.87. The van der Waals surface area contributed by atoms with Crippen molar-refractivity contribution in [2.24, 2.45) is 0 Å². The van der Waals surface area contributed by atoms with E-state index in [1.165, 1.54) is 0 Å². The van der Waals surface area contributed by atoms with Gasteiger partial charge in [-0.15, -0.1) is 0 Å². The first-order chi connectivity index (χ1) is 12.1. The summed E-state index contributed by atoms with van der Waals surface area (Å²) in [4.78, 5) is 12.5. The minimum atomic E-state index is -1.35. The van der Waals surface area contributed by atoms with Crippen molar-refractivity contribution in [3.05, 3.63) is 107 Å². The molecule has 124 valence electrons. The van der Waals surface area contributed by atoms with Gasteiger partial charge in [-0.3, -0.25) is 4.79 Å². The van der Waals surface area contributed by atoms with Gasteiger partial charge in [0.25, 0.3) is 5.91 Å². The van der Waals surface area contributed by atoms with Crippen molar-refractivity contribution in [3.8, 4) is 0 Å². The summed E-state index contributed by atoms with van der Waals surface area (Å²) in [5, 5.41) is 14.9. The summed E-state index contributed by atoms with van der Waals surface area (Å²) in [7, 11) is 0. The third-order valence-corrected chi connectivity index (χ3v) is 4.98. The van der Waals surface area contributed by atoms with Crippen molar-refractivity contribution in [2.45, 2.75) is 18.6 Å². The van der Waals surface area contributed by atoms with E-state index in [0.717, 1.165) is 22.3 Å². The van der Waals surface area contributed by atoms with Gasteiger partial charge >= 0.3 is 0 Å². The van der Waals surface area contributed by atoms with Crippen molar-refractivity contribution in [3.63, 3.8) is 0 Å². The zero-order valence-corrected chi connectivity index (χ0v) is 13.9. The highest BCUT2D eigenvalue weighted by atomic mass is 16.3. The van der Waals surface area contributed by atoms with E-state index in [-0.39, 0.29) is 5.91 Å². The highest BCUT2D eigenvalue weighted by Gasteiger charge is 2.47. The van der Waals surface area contributed by atoms with Crippen LogP contribution >= 0.6 is 0 Å². The van der Waals surface area contributed by atoms with Gasteiger partial charge in [-0.25, -0.2) is 0 Å². The van der Waals surface area contributed by atoms with Crippen molar-refractivity contribution in [1.82, 2.24) is 5.32 Å². The van der Waals surface area contributed by atoms with Crippen molar-refractivity contribution >= 4 is 5.91 Å². The molecule has 3 aromatic carbocycles. The maximum atomic E-state index is 12.5. The lowest BCUT2D eigenvalue weighted by Crippen LogP contribution is -2.41. The van der Waals surface area contributed by atoms with Gasteiger partial charge in [-0.2, -0.15) is 0 Å². The Hall–Kier alpha value is -2.91. The number of carbonyl (C=O) groups is 1. The summed E-state index contributed by atoms with van der Waals surface area (Å²) >= 11 is 0. The fourth-order valence-corrected chi connectivity index (χ4v) is 3.74. The lowest BCUT2D eigenvalue weighted by molar-refractivity contribution is 0.0383. The largest absolute Gasteiger partial charge is 0.378 e. The van der Waals surface area contributed by atoms with Crippen LogP contribution in [-0.4, -0.2) is 11.0 Å². The molecule has 0 saturated heterocycles. The minimum Gasteiger partial charge on any atom is -0.378 e. The molecule has 0 aliphatic carbocycles. The third-order valence-electron chi connectivity index (χ3n) is 4.98. The SMILES string of the molecule is Cc1cccc2c1C(C(O)(c1ccccc1)c1ccccc1)NC2=O. The molecule has 1 aliphatic heterocycles. The number of hydrogen-bond acceptors (Lipinski definition) is 2. The van der Waals surface area contributed by atoms with Crippen LogP contribution in [0.1, 0.15) is 38.7 Å². The molecule has 0 aromatic heterocycles. The number of amides is 1.